The van der Waals surface area contributed by atoms with E-state index in [1.165, 1.54) is 12.1 Å². The Morgan fingerprint density at radius 2 is 1.38 bits per heavy atom. The second-order valence-corrected chi connectivity index (χ2v) is 8.38. The van der Waals surface area contributed by atoms with E-state index in [0.717, 1.165) is 43.7 Å². The van der Waals surface area contributed by atoms with Crippen molar-refractivity contribution < 1.29 is 22.1 Å². The van der Waals surface area contributed by atoms with E-state index in [9.17, 15) is 8.78 Å². The van der Waals surface area contributed by atoms with E-state index in [1.807, 2.05) is 20.8 Å². The second-order valence-electron chi connectivity index (χ2n) is 5.64. The minimum atomic E-state index is -2.52. The Labute approximate surface area is 145 Å². The van der Waals surface area contributed by atoms with Crippen LogP contribution >= 0.6 is 0 Å². The van der Waals surface area contributed by atoms with Crippen LogP contribution in [0.15, 0.2) is 18.2 Å². The second kappa shape index (κ2) is 11.7. The molecule has 0 aliphatic rings. The van der Waals surface area contributed by atoms with Crippen molar-refractivity contribution in [2.24, 2.45) is 0 Å². The normalized spacial score (nSPS) is 11.9. The molecule has 6 heteroatoms. The largest absolute Gasteiger partial charge is 0.500 e. The highest BCUT2D eigenvalue weighted by Gasteiger charge is 2.39. The molecule has 0 amide bonds. The Bertz CT molecular complexity index is 455. The smallest absolute Gasteiger partial charge is 0.374 e. The van der Waals surface area contributed by atoms with Crippen molar-refractivity contribution in [1.82, 2.24) is 0 Å². The van der Waals surface area contributed by atoms with Crippen molar-refractivity contribution in [3.05, 3.63) is 35.4 Å². The highest BCUT2D eigenvalue weighted by molar-refractivity contribution is 6.60. The molecule has 3 nitrogen and oxygen atoms in total. The molecule has 1 rings (SSSR count). The molecule has 0 unspecified atom stereocenters. The minimum absolute atomic E-state index is 0.600. The first-order chi connectivity index (χ1) is 11.6. The summed E-state index contributed by atoms with van der Waals surface area (Å²) < 4.78 is 43.5. The fraction of sp³-hybridized carbons (Fsp3) is 0.667. The van der Waals surface area contributed by atoms with Crippen LogP contribution in [-0.4, -0.2) is 28.6 Å². The first kappa shape index (κ1) is 21.2. The van der Waals surface area contributed by atoms with E-state index in [1.54, 1.807) is 6.07 Å². The number of unbranched alkanes of at least 4 members (excludes halogenated alkanes) is 3. The molecule has 0 bridgehead atoms. The lowest BCUT2D eigenvalue weighted by Crippen LogP contribution is -2.45. The van der Waals surface area contributed by atoms with Gasteiger partial charge in [0.1, 0.15) is 0 Å². The number of benzene rings is 1. The van der Waals surface area contributed by atoms with Gasteiger partial charge in [0.25, 0.3) is 0 Å². The third kappa shape index (κ3) is 7.38. The van der Waals surface area contributed by atoms with Gasteiger partial charge in [-0.15, -0.1) is 0 Å². The lowest BCUT2D eigenvalue weighted by Gasteiger charge is -2.28. The van der Waals surface area contributed by atoms with Crippen molar-refractivity contribution in [1.29, 1.82) is 0 Å². The molecular formula is C18H30F2O3Si. The molecule has 0 aromatic heterocycles. The quantitative estimate of drug-likeness (QED) is 0.361. The molecule has 0 saturated carbocycles. The van der Waals surface area contributed by atoms with Crippen LogP contribution < -0.4 is 0 Å². The lowest BCUT2D eigenvalue weighted by atomic mass is 10.1. The fourth-order valence-corrected chi connectivity index (χ4v) is 5.41. The zero-order valence-corrected chi connectivity index (χ0v) is 16.1. The van der Waals surface area contributed by atoms with E-state index in [-0.39, 0.29) is 0 Å². The molecular weight excluding hydrogens is 330 g/mol. The SMILES string of the molecule is CCO[Si](CCCCCCc1ccc(F)c(F)c1)(OCC)OCC. The van der Waals surface area contributed by atoms with E-state index in [2.05, 4.69) is 0 Å². The van der Waals surface area contributed by atoms with Gasteiger partial charge in [-0.25, -0.2) is 8.78 Å². The molecule has 0 spiro atoms. The van der Waals surface area contributed by atoms with Crippen molar-refractivity contribution in [3.8, 4) is 0 Å². The summed E-state index contributed by atoms with van der Waals surface area (Å²) in [6, 6.07) is 4.95. The fourth-order valence-electron chi connectivity index (χ4n) is 2.72. The van der Waals surface area contributed by atoms with E-state index in [0.29, 0.717) is 19.8 Å². The number of halogens is 2. The van der Waals surface area contributed by atoms with Gasteiger partial charge in [-0.05, 0) is 57.7 Å². The third-order valence-corrected chi connectivity index (χ3v) is 6.93. The molecule has 1 aromatic carbocycles. The number of aryl methyl sites for hydroxylation is 1. The number of hydrogen-bond acceptors (Lipinski definition) is 3. The van der Waals surface area contributed by atoms with Gasteiger partial charge in [0.05, 0.1) is 0 Å². The van der Waals surface area contributed by atoms with Crippen LogP contribution in [0.25, 0.3) is 0 Å². The lowest BCUT2D eigenvalue weighted by molar-refractivity contribution is 0.0706. The molecule has 0 N–H and O–H groups in total. The summed E-state index contributed by atoms with van der Waals surface area (Å²) in [5.41, 5.74) is 0.843. The predicted molar refractivity (Wildman–Crippen MR) is 94.0 cm³/mol. The topological polar surface area (TPSA) is 27.7 Å². The molecule has 0 radical (unpaired) electrons. The van der Waals surface area contributed by atoms with Crippen LogP contribution in [0.5, 0.6) is 0 Å². The molecule has 1 aromatic rings. The Morgan fingerprint density at radius 3 is 1.92 bits per heavy atom. The van der Waals surface area contributed by atoms with Gasteiger partial charge in [-0.1, -0.05) is 18.9 Å². The molecule has 0 saturated heterocycles. The summed E-state index contributed by atoms with van der Waals surface area (Å²) in [6.45, 7) is 7.68. The van der Waals surface area contributed by atoms with Crippen molar-refractivity contribution in [2.75, 3.05) is 19.8 Å². The van der Waals surface area contributed by atoms with Crippen LogP contribution in [0.2, 0.25) is 6.04 Å². The average molecular weight is 361 g/mol. The van der Waals surface area contributed by atoms with Crippen LogP contribution in [0.4, 0.5) is 8.78 Å². The van der Waals surface area contributed by atoms with Crippen molar-refractivity contribution in [2.45, 2.75) is 58.9 Å². The third-order valence-electron chi connectivity index (χ3n) is 3.78. The first-order valence-corrected chi connectivity index (χ1v) is 10.9. The maximum atomic E-state index is 13.1. The Kier molecular flexibility index (Phi) is 10.3. The Balaban J connectivity index is 2.30. The minimum Gasteiger partial charge on any atom is -0.374 e. The Morgan fingerprint density at radius 1 is 0.792 bits per heavy atom. The highest BCUT2D eigenvalue weighted by Crippen LogP contribution is 2.21. The van der Waals surface area contributed by atoms with E-state index < -0.39 is 20.4 Å². The molecule has 0 fully saturated rings. The van der Waals surface area contributed by atoms with Crippen molar-refractivity contribution >= 4 is 8.80 Å². The van der Waals surface area contributed by atoms with Crippen LogP contribution in [0.1, 0.15) is 52.0 Å². The van der Waals surface area contributed by atoms with Crippen LogP contribution in [0.3, 0.4) is 0 Å². The van der Waals surface area contributed by atoms with Gasteiger partial charge in [-0.2, -0.15) is 0 Å². The van der Waals surface area contributed by atoms with Crippen molar-refractivity contribution in [3.63, 3.8) is 0 Å². The molecule has 138 valence electrons. The number of hydrogen-bond donors (Lipinski definition) is 0. The van der Waals surface area contributed by atoms with E-state index >= 15 is 0 Å². The van der Waals surface area contributed by atoms with Gasteiger partial charge in [0.2, 0.25) is 0 Å². The zero-order chi connectivity index (χ0) is 17.8. The predicted octanol–water partition coefficient (Wildman–Crippen LogP) is 5.12. The van der Waals surface area contributed by atoms with Gasteiger partial charge in [-0.3, -0.25) is 0 Å². The van der Waals surface area contributed by atoms with Gasteiger partial charge < -0.3 is 13.3 Å². The molecule has 0 aliphatic carbocycles. The number of rotatable bonds is 13. The molecule has 24 heavy (non-hydrogen) atoms. The van der Waals surface area contributed by atoms with Gasteiger partial charge in [0.15, 0.2) is 11.6 Å². The maximum Gasteiger partial charge on any atom is 0.500 e. The zero-order valence-electron chi connectivity index (χ0n) is 15.1. The average Bonchev–Trinajstić information content (AvgIpc) is 2.55. The van der Waals surface area contributed by atoms with Crippen LogP contribution in [-0.2, 0) is 19.7 Å². The van der Waals surface area contributed by atoms with Gasteiger partial charge in [0, 0.05) is 25.9 Å². The maximum absolute atomic E-state index is 13.1. The molecule has 0 heterocycles. The Hall–Kier alpha value is -0.823. The summed E-state index contributed by atoms with van der Waals surface area (Å²) in [6.07, 6.45) is 4.79. The summed E-state index contributed by atoms with van der Waals surface area (Å²) in [5, 5.41) is 0. The van der Waals surface area contributed by atoms with E-state index in [4.69, 9.17) is 13.3 Å². The van der Waals surface area contributed by atoms with Crippen LogP contribution in [0, 0.1) is 11.6 Å². The molecule has 0 aliphatic heterocycles. The van der Waals surface area contributed by atoms with Gasteiger partial charge >= 0.3 is 8.80 Å². The molecule has 0 atom stereocenters. The summed E-state index contributed by atoms with van der Waals surface area (Å²) >= 11 is 0. The summed E-state index contributed by atoms with van der Waals surface area (Å²) in [4.78, 5) is 0. The first-order valence-electron chi connectivity index (χ1n) is 8.92. The monoisotopic (exact) mass is 360 g/mol. The summed E-state index contributed by atoms with van der Waals surface area (Å²) in [5.74, 6) is -1.56. The standard InChI is InChI=1S/C18H30F2O3Si/c1-4-21-24(22-5-2,23-6-3)14-10-8-7-9-11-16-12-13-17(19)18(20)15-16/h12-13,15H,4-11,14H2,1-3H3. The highest BCUT2D eigenvalue weighted by atomic mass is 28.4. The summed E-state index contributed by atoms with van der Waals surface area (Å²) in [7, 11) is -2.52.